The van der Waals surface area contributed by atoms with Gasteiger partial charge in [-0.15, -0.1) is 0 Å². The number of rotatable bonds is 39. The number of unbranched alkanes of at least 4 members (excludes halogenated alkanes) is 15. The number of ether oxygens (including phenoxy) is 2. The lowest BCUT2D eigenvalue weighted by Crippen LogP contribution is -2.34. The van der Waals surface area contributed by atoms with Gasteiger partial charge in [-0.2, -0.15) is 0 Å². The molecule has 0 aromatic carbocycles. The van der Waals surface area contributed by atoms with Crippen LogP contribution in [0.3, 0.4) is 0 Å². The van der Waals surface area contributed by atoms with Gasteiger partial charge in [0.2, 0.25) is 0 Å². The third-order valence-corrected chi connectivity index (χ3v) is 9.73. The minimum Gasteiger partial charge on any atom is -0.480 e. The highest BCUT2D eigenvalue weighted by molar-refractivity contribution is 7.47. The van der Waals surface area contributed by atoms with E-state index >= 15 is 0 Å². The van der Waals surface area contributed by atoms with Crippen molar-refractivity contribution in [2.75, 3.05) is 19.8 Å². The maximum absolute atomic E-state index is 12.6. The van der Waals surface area contributed by atoms with Gasteiger partial charge in [0.25, 0.3) is 0 Å². The summed E-state index contributed by atoms with van der Waals surface area (Å²) in [5.41, 5.74) is 5.32. The van der Waals surface area contributed by atoms with Gasteiger partial charge in [0, 0.05) is 12.8 Å². The van der Waals surface area contributed by atoms with Crippen molar-refractivity contribution in [3.8, 4) is 0 Å². The lowest BCUT2D eigenvalue weighted by Gasteiger charge is -2.20. The first-order valence-corrected chi connectivity index (χ1v) is 22.8. The number of carbonyl (C=O) groups excluding carboxylic acids is 2. The fourth-order valence-corrected chi connectivity index (χ4v) is 6.18. The molecule has 0 aliphatic rings. The van der Waals surface area contributed by atoms with E-state index in [1.54, 1.807) is 0 Å². The second-order valence-electron chi connectivity index (χ2n) is 14.1. The van der Waals surface area contributed by atoms with E-state index in [0.29, 0.717) is 12.8 Å². The molecule has 322 valence electrons. The van der Waals surface area contributed by atoms with Gasteiger partial charge in [-0.3, -0.25) is 23.4 Å². The van der Waals surface area contributed by atoms with E-state index < -0.39 is 51.1 Å². The van der Waals surface area contributed by atoms with Gasteiger partial charge >= 0.3 is 25.7 Å². The quantitative estimate of drug-likeness (QED) is 0.0233. The van der Waals surface area contributed by atoms with Crippen molar-refractivity contribution >= 4 is 25.7 Å². The maximum Gasteiger partial charge on any atom is 0.472 e. The predicted molar refractivity (Wildman–Crippen MR) is 226 cm³/mol. The number of phosphoric acid groups is 1. The molecule has 0 rings (SSSR count). The highest BCUT2D eigenvalue weighted by Gasteiger charge is 2.28. The van der Waals surface area contributed by atoms with Crippen LogP contribution in [0.15, 0.2) is 60.8 Å². The van der Waals surface area contributed by atoms with Gasteiger partial charge in [0.1, 0.15) is 12.6 Å². The Bertz CT molecular complexity index is 1180. The molecule has 0 bridgehead atoms. The second kappa shape index (κ2) is 39.0. The van der Waals surface area contributed by atoms with Crippen LogP contribution >= 0.6 is 7.82 Å². The molecule has 12 heteroatoms. The monoisotopic (exact) mass is 810 g/mol. The molecule has 0 aromatic rings. The average Bonchev–Trinajstić information content (AvgIpc) is 3.17. The van der Waals surface area contributed by atoms with Crippen LogP contribution in [0, 0.1) is 0 Å². The molecule has 0 spiro atoms. The van der Waals surface area contributed by atoms with Crippen LogP contribution in [0.2, 0.25) is 0 Å². The largest absolute Gasteiger partial charge is 0.480 e. The number of carboxylic acid groups (broad SMARTS) is 1. The summed E-state index contributed by atoms with van der Waals surface area (Å²) in [6.07, 6.45) is 44.4. The molecule has 3 atom stereocenters. The summed E-state index contributed by atoms with van der Waals surface area (Å²) in [5, 5.41) is 8.88. The molecule has 0 saturated heterocycles. The molecule has 56 heavy (non-hydrogen) atoms. The highest BCUT2D eigenvalue weighted by Crippen LogP contribution is 2.43. The summed E-state index contributed by atoms with van der Waals surface area (Å²) >= 11 is 0. The molecule has 0 radical (unpaired) electrons. The summed E-state index contributed by atoms with van der Waals surface area (Å²) in [6, 6.07) is -1.53. The number of allylic oxidation sites excluding steroid dienone is 10. The molecule has 0 aliphatic carbocycles. The summed E-state index contributed by atoms with van der Waals surface area (Å²) in [7, 11) is -4.73. The van der Waals surface area contributed by atoms with Crippen LogP contribution in [-0.4, -0.2) is 59.9 Å². The Morgan fingerprint density at radius 3 is 1.48 bits per heavy atom. The predicted octanol–water partition coefficient (Wildman–Crippen LogP) is 11.2. The Balaban J connectivity index is 4.49. The van der Waals surface area contributed by atoms with Crippen molar-refractivity contribution in [1.82, 2.24) is 0 Å². The van der Waals surface area contributed by atoms with Gasteiger partial charge in [-0.1, -0.05) is 164 Å². The van der Waals surface area contributed by atoms with Crippen molar-refractivity contribution in [2.24, 2.45) is 5.73 Å². The summed E-state index contributed by atoms with van der Waals surface area (Å²) in [6.45, 7) is 2.69. The average molecular weight is 810 g/mol. The van der Waals surface area contributed by atoms with E-state index in [0.717, 1.165) is 44.9 Å². The molecule has 11 nitrogen and oxygen atoms in total. The lowest BCUT2D eigenvalue weighted by molar-refractivity contribution is -0.161. The molecule has 0 amide bonds. The van der Waals surface area contributed by atoms with Gasteiger partial charge in [0.15, 0.2) is 6.10 Å². The zero-order chi connectivity index (χ0) is 41.4. The zero-order valence-electron chi connectivity index (χ0n) is 34.7. The summed E-state index contributed by atoms with van der Waals surface area (Å²) < 4.78 is 32.6. The first-order valence-electron chi connectivity index (χ1n) is 21.3. The lowest BCUT2D eigenvalue weighted by atomic mass is 10.0. The Morgan fingerprint density at radius 1 is 0.554 bits per heavy atom. The number of aliphatic carboxylic acids is 1. The van der Waals surface area contributed by atoms with Crippen LogP contribution in [0.4, 0.5) is 0 Å². The van der Waals surface area contributed by atoms with Crippen molar-refractivity contribution in [3.05, 3.63) is 60.8 Å². The van der Waals surface area contributed by atoms with E-state index in [1.807, 2.05) is 12.2 Å². The first kappa shape index (κ1) is 53.2. The van der Waals surface area contributed by atoms with Crippen LogP contribution in [0.1, 0.15) is 168 Å². The van der Waals surface area contributed by atoms with Crippen LogP contribution in [0.5, 0.6) is 0 Å². The van der Waals surface area contributed by atoms with Gasteiger partial charge in [-0.25, -0.2) is 4.57 Å². The van der Waals surface area contributed by atoms with Gasteiger partial charge in [0.05, 0.1) is 13.2 Å². The molecule has 4 N–H and O–H groups in total. The Labute approximate surface area is 338 Å². The fourth-order valence-electron chi connectivity index (χ4n) is 5.40. The maximum atomic E-state index is 12.6. The number of esters is 2. The molecule has 0 aromatic heterocycles. The minimum atomic E-state index is -4.73. The Hall–Kier alpha value is -2.82. The smallest absolute Gasteiger partial charge is 0.472 e. The molecular formula is C44H76NO10P. The van der Waals surface area contributed by atoms with E-state index in [2.05, 4.69) is 67.0 Å². The van der Waals surface area contributed by atoms with Crippen molar-refractivity contribution in [3.63, 3.8) is 0 Å². The Kier molecular flexibility index (Phi) is 37.1. The van der Waals surface area contributed by atoms with E-state index in [-0.39, 0.29) is 19.4 Å². The molecule has 0 heterocycles. The Morgan fingerprint density at radius 2 is 0.982 bits per heavy atom. The number of phosphoric ester groups is 1. The number of hydrogen-bond acceptors (Lipinski definition) is 9. The van der Waals surface area contributed by atoms with Crippen molar-refractivity contribution in [1.29, 1.82) is 0 Å². The van der Waals surface area contributed by atoms with E-state index in [1.165, 1.54) is 83.5 Å². The van der Waals surface area contributed by atoms with Crippen LogP contribution < -0.4 is 5.73 Å². The zero-order valence-corrected chi connectivity index (χ0v) is 35.6. The molecular weight excluding hydrogens is 733 g/mol. The van der Waals surface area contributed by atoms with E-state index in [9.17, 15) is 23.8 Å². The number of hydrogen-bond donors (Lipinski definition) is 3. The minimum absolute atomic E-state index is 0.0975. The number of carboxylic acids is 1. The van der Waals surface area contributed by atoms with Gasteiger partial charge in [-0.05, 0) is 51.4 Å². The SMILES string of the molecule is CCCCC/C=C/C/C=C/C/C=C/C/C=C/C/C=C/CCC(=O)OC[C@@H](COP(=O)(O)OC[C@@H](N)C(=O)O)OC(=O)CCCCCCCCCCCCCCC. The number of carbonyl (C=O) groups is 3. The van der Waals surface area contributed by atoms with Crippen LogP contribution in [0.25, 0.3) is 0 Å². The molecule has 1 unspecified atom stereocenters. The summed E-state index contributed by atoms with van der Waals surface area (Å²) in [5.74, 6) is -2.48. The van der Waals surface area contributed by atoms with E-state index in [4.69, 9.17) is 24.8 Å². The molecule has 0 saturated carbocycles. The third-order valence-electron chi connectivity index (χ3n) is 8.78. The standard InChI is InChI=1S/C44H76NO10P/c1-3-5-7-9-11-13-15-17-18-19-20-21-22-24-25-27-29-31-33-35-42(46)52-37-40(38-53-56(50,51)54-39-41(45)44(48)49)55-43(47)36-34-32-30-28-26-23-16-14-12-10-8-6-4-2/h11,13,17-18,20-21,24-25,29,31,40-41H,3-10,12,14-16,19,22-23,26-28,30,32-39,45H2,1-2H3,(H,48,49)(H,50,51)/b13-11+,18-17+,21-20+,25-24+,31-29+/t40-,41+/m0/s1. The third kappa shape index (κ3) is 38.1. The molecule has 0 fully saturated rings. The highest BCUT2D eigenvalue weighted by atomic mass is 31.2. The number of nitrogens with two attached hydrogens (primary N) is 1. The van der Waals surface area contributed by atoms with Gasteiger partial charge < -0.3 is 25.2 Å². The first-order chi connectivity index (χ1) is 27.1. The normalized spacial score (nSPS) is 14.4. The topological polar surface area (TPSA) is 172 Å². The fraction of sp³-hybridized carbons (Fsp3) is 0.705. The van der Waals surface area contributed by atoms with Crippen molar-refractivity contribution < 1.29 is 47.5 Å². The second-order valence-corrected chi connectivity index (χ2v) is 15.6. The molecule has 0 aliphatic heterocycles. The van der Waals surface area contributed by atoms with Crippen LogP contribution in [-0.2, 0) is 37.5 Å². The van der Waals surface area contributed by atoms with Crippen molar-refractivity contribution in [2.45, 2.75) is 180 Å². The summed E-state index contributed by atoms with van der Waals surface area (Å²) in [4.78, 5) is 45.8.